The van der Waals surface area contributed by atoms with E-state index >= 15 is 0 Å². The molecule has 1 aromatic rings. The lowest BCUT2D eigenvalue weighted by molar-refractivity contribution is 0.218. The zero-order valence-electron chi connectivity index (χ0n) is 8.69. The molecule has 1 aromatic heterocycles. The molecule has 1 aliphatic heterocycles. The van der Waals surface area contributed by atoms with Gasteiger partial charge in [0.1, 0.15) is 12.2 Å². The maximum atomic E-state index is 5.15. The average Bonchev–Trinajstić information content (AvgIpc) is 2.71. The molecule has 0 atom stereocenters. The van der Waals surface area contributed by atoms with Crippen LogP contribution in [-0.2, 0) is 13.1 Å². The van der Waals surface area contributed by atoms with Gasteiger partial charge in [-0.05, 0) is 0 Å². The topological polar surface area (TPSA) is 46.0 Å². The molecule has 0 saturated carbocycles. The second-order valence-corrected chi connectivity index (χ2v) is 3.60. The van der Waals surface area contributed by atoms with E-state index in [9.17, 15) is 0 Å². The van der Waals surface area contributed by atoms with Gasteiger partial charge in [0, 0.05) is 26.2 Å². The molecule has 2 rings (SSSR count). The third-order valence-corrected chi connectivity index (χ3v) is 2.55. The van der Waals surface area contributed by atoms with Crippen molar-refractivity contribution in [2.75, 3.05) is 26.2 Å². The van der Waals surface area contributed by atoms with Crippen LogP contribution in [-0.4, -0.2) is 45.8 Å². The van der Waals surface area contributed by atoms with Gasteiger partial charge in [-0.25, -0.2) is 0 Å². The largest absolute Gasteiger partial charge is 0.315 e. The van der Waals surface area contributed by atoms with Crippen molar-refractivity contribution in [1.82, 2.24) is 25.0 Å². The normalized spacial score (nSPS) is 15.9. The standard InChI is InChI=1S/C10H15N5/c1-2-3-11-4-5-14-6-7-15-9-12-13-10(15)8-14/h1,9,11H,3-8H2. The Bertz CT molecular complexity index is 351. The van der Waals surface area contributed by atoms with Gasteiger partial charge in [0.05, 0.1) is 13.1 Å². The first-order chi connectivity index (χ1) is 7.40. The molecule has 80 valence electrons. The Hall–Kier alpha value is -1.38. The molecule has 1 N–H and O–H groups in total. The molecule has 1 aliphatic rings. The second kappa shape index (κ2) is 4.91. The fraction of sp³-hybridized carbons (Fsp3) is 0.600. The maximum Gasteiger partial charge on any atom is 0.147 e. The quantitative estimate of drug-likeness (QED) is 0.522. The molecule has 15 heavy (non-hydrogen) atoms. The van der Waals surface area contributed by atoms with Gasteiger partial charge in [0.2, 0.25) is 0 Å². The molecule has 0 unspecified atom stereocenters. The number of hydrogen-bond acceptors (Lipinski definition) is 4. The molecule has 0 aromatic carbocycles. The molecular weight excluding hydrogens is 190 g/mol. The first-order valence-corrected chi connectivity index (χ1v) is 5.13. The Morgan fingerprint density at radius 1 is 1.53 bits per heavy atom. The van der Waals surface area contributed by atoms with Crippen molar-refractivity contribution < 1.29 is 0 Å². The summed E-state index contributed by atoms with van der Waals surface area (Å²) in [7, 11) is 0. The van der Waals surface area contributed by atoms with Crippen molar-refractivity contribution in [2.45, 2.75) is 13.1 Å². The van der Waals surface area contributed by atoms with Gasteiger partial charge in [0.15, 0.2) is 0 Å². The summed E-state index contributed by atoms with van der Waals surface area (Å²) in [4.78, 5) is 2.35. The highest BCUT2D eigenvalue weighted by Gasteiger charge is 2.16. The number of fused-ring (bicyclic) bond motifs is 1. The number of nitrogens with zero attached hydrogens (tertiary/aromatic N) is 4. The van der Waals surface area contributed by atoms with Crippen molar-refractivity contribution >= 4 is 0 Å². The molecule has 0 radical (unpaired) electrons. The molecule has 0 saturated heterocycles. The summed E-state index contributed by atoms with van der Waals surface area (Å²) in [6.45, 7) is 5.51. The van der Waals surface area contributed by atoms with E-state index in [-0.39, 0.29) is 0 Å². The van der Waals surface area contributed by atoms with Crippen LogP contribution in [0.5, 0.6) is 0 Å². The van der Waals surface area contributed by atoms with E-state index in [2.05, 4.69) is 30.9 Å². The van der Waals surface area contributed by atoms with E-state index < -0.39 is 0 Å². The molecular formula is C10H15N5. The van der Waals surface area contributed by atoms with E-state index in [1.165, 1.54) is 0 Å². The van der Waals surface area contributed by atoms with E-state index in [1.807, 2.05) is 0 Å². The van der Waals surface area contributed by atoms with E-state index in [1.54, 1.807) is 6.33 Å². The Balaban J connectivity index is 1.76. The zero-order valence-corrected chi connectivity index (χ0v) is 8.69. The third kappa shape index (κ3) is 2.55. The minimum absolute atomic E-state index is 0.643. The lowest BCUT2D eigenvalue weighted by Crippen LogP contribution is -2.38. The van der Waals surface area contributed by atoms with E-state index in [0.29, 0.717) is 6.54 Å². The first-order valence-electron chi connectivity index (χ1n) is 5.13. The van der Waals surface area contributed by atoms with Crippen LogP contribution in [0.1, 0.15) is 5.82 Å². The highest BCUT2D eigenvalue weighted by molar-refractivity contribution is 4.90. The SMILES string of the molecule is C#CCNCCN1CCn2cnnc2C1. The van der Waals surface area contributed by atoms with Crippen LogP contribution in [0.3, 0.4) is 0 Å². The van der Waals surface area contributed by atoms with Gasteiger partial charge in [-0.1, -0.05) is 5.92 Å². The number of aromatic nitrogens is 3. The minimum Gasteiger partial charge on any atom is -0.315 e. The summed E-state index contributed by atoms with van der Waals surface area (Å²) in [6.07, 6.45) is 6.94. The molecule has 0 aliphatic carbocycles. The average molecular weight is 205 g/mol. The van der Waals surface area contributed by atoms with Gasteiger partial charge < -0.3 is 9.88 Å². The molecule has 5 heteroatoms. The van der Waals surface area contributed by atoms with Crippen LogP contribution in [0.4, 0.5) is 0 Å². The number of hydrogen-bond donors (Lipinski definition) is 1. The number of nitrogens with one attached hydrogen (secondary N) is 1. The van der Waals surface area contributed by atoms with Crippen LogP contribution in [0.25, 0.3) is 0 Å². The van der Waals surface area contributed by atoms with Gasteiger partial charge in [-0.15, -0.1) is 16.6 Å². The van der Waals surface area contributed by atoms with E-state index in [0.717, 1.165) is 38.5 Å². The van der Waals surface area contributed by atoms with Crippen LogP contribution < -0.4 is 5.32 Å². The lowest BCUT2D eigenvalue weighted by atomic mass is 10.3. The van der Waals surface area contributed by atoms with Gasteiger partial charge in [0.25, 0.3) is 0 Å². The predicted molar refractivity (Wildman–Crippen MR) is 57.0 cm³/mol. The van der Waals surface area contributed by atoms with Crippen LogP contribution in [0, 0.1) is 12.3 Å². The van der Waals surface area contributed by atoms with E-state index in [4.69, 9.17) is 6.42 Å². The summed E-state index contributed by atoms with van der Waals surface area (Å²) < 4.78 is 2.10. The number of rotatable bonds is 4. The van der Waals surface area contributed by atoms with Crippen LogP contribution in [0.15, 0.2) is 6.33 Å². The first kappa shape index (κ1) is 10.1. The molecule has 0 fully saturated rings. The fourth-order valence-electron chi connectivity index (χ4n) is 1.70. The number of terminal acetylenes is 1. The van der Waals surface area contributed by atoms with Gasteiger partial charge in [-0.2, -0.15) is 0 Å². The van der Waals surface area contributed by atoms with Crippen molar-refractivity contribution in [3.8, 4) is 12.3 Å². The highest BCUT2D eigenvalue weighted by atomic mass is 15.3. The molecule has 2 heterocycles. The third-order valence-electron chi connectivity index (χ3n) is 2.55. The minimum atomic E-state index is 0.643. The Labute approximate surface area is 89.5 Å². The van der Waals surface area contributed by atoms with Crippen molar-refractivity contribution in [2.24, 2.45) is 0 Å². The Kier molecular flexibility index (Phi) is 3.33. The summed E-state index contributed by atoms with van der Waals surface area (Å²) in [5.74, 6) is 3.61. The molecule has 0 spiro atoms. The Morgan fingerprint density at radius 3 is 3.33 bits per heavy atom. The van der Waals surface area contributed by atoms with Gasteiger partial charge in [-0.3, -0.25) is 4.90 Å². The van der Waals surface area contributed by atoms with Crippen LogP contribution in [0.2, 0.25) is 0 Å². The maximum absolute atomic E-state index is 5.15. The summed E-state index contributed by atoms with van der Waals surface area (Å²) >= 11 is 0. The van der Waals surface area contributed by atoms with Gasteiger partial charge >= 0.3 is 0 Å². The molecule has 0 amide bonds. The van der Waals surface area contributed by atoms with Crippen molar-refractivity contribution in [3.05, 3.63) is 12.2 Å². The highest BCUT2D eigenvalue weighted by Crippen LogP contribution is 2.07. The second-order valence-electron chi connectivity index (χ2n) is 3.60. The predicted octanol–water partition coefficient (Wildman–Crippen LogP) is -0.683. The van der Waals surface area contributed by atoms with Crippen LogP contribution >= 0.6 is 0 Å². The zero-order chi connectivity index (χ0) is 10.5. The van der Waals surface area contributed by atoms with Crippen molar-refractivity contribution in [1.29, 1.82) is 0 Å². The smallest absolute Gasteiger partial charge is 0.147 e. The monoisotopic (exact) mass is 205 g/mol. The fourth-order valence-corrected chi connectivity index (χ4v) is 1.70. The van der Waals surface area contributed by atoms with Crippen molar-refractivity contribution in [3.63, 3.8) is 0 Å². The summed E-state index contributed by atoms with van der Waals surface area (Å²) in [5, 5.41) is 11.1. The molecule has 0 bridgehead atoms. The molecule has 5 nitrogen and oxygen atoms in total. The Morgan fingerprint density at radius 2 is 2.47 bits per heavy atom. The summed E-state index contributed by atoms with van der Waals surface area (Å²) in [5.41, 5.74) is 0. The lowest BCUT2D eigenvalue weighted by Gasteiger charge is -2.26. The summed E-state index contributed by atoms with van der Waals surface area (Å²) in [6, 6.07) is 0.